The van der Waals surface area contributed by atoms with Gasteiger partial charge in [0.2, 0.25) is 0 Å². The van der Waals surface area contributed by atoms with Crippen molar-refractivity contribution < 1.29 is 42.2 Å². The Kier molecular flexibility index (Phi) is 10.8. The average molecular weight is 801 g/mol. The first-order valence-electron chi connectivity index (χ1n) is 17.5. The number of hydrogen-bond donors (Lipinski definition) is 3. The lowest BCUT2D eigenvalue weighted by Gasteiger charge is -2.42. The van der Waals surface area contributed by atoms with Gasteiger partial charge in [-0.05, 0) is 51.1 Å². The number of benzene rings is 1. The Bertz CT molecular complexity index is 2150. The number of anilines is 2. The quantitative estimate of drug-likeness (QED) is 0.254. The van der Waals surface area contributed by atoms with Crippen molar-refractivity contribution >= 4 is 46.8 Å². The molecule has 6 rings (SSSR count). The van der Waals surface area contributed by atoms with Gasteiger partial charge in [0.1, 0.15) is 11.2 Å². The molecule has 4 aromatic rings. The molecule has 3 aromatic heterocycles. The van der Waals surface area contributed by atoms with Gasteiger partial charge >= 0.3 is 12.3 Å². The van der Waals surface area contributed by atoms with Gasteiger partial charge in [0.05, 0.1) is 39.9 Å². The number of ether oxygens (including phenoxy) is 1. The number of piperidine rings is 1. The number of aliphatic hydroxyl groups is 1. The Balaban J connectivity index is 1.07. The van der Waals surface area contributed by atoms with E-state index < -0.39 is 46.9 Å². The van der Waals surface area contributed by atoms with E-state index in [1.54, 1.807) is 20.8 Å². The zero-order valence-electron chi connectivity index (χ0n) is 30.9. The Morgan fingerprint density at radius 3 is 2.18 bits per heavy atom. The predicted molar refractivity (Wildman–Crippen MR) is 197 cm³/mol. The van der Waals surface area contributed by atoms with Crippen molar-refractivity contribution in [2.75, 3.05) is 50.3 Å². The first-order valence-corrected chi connectivity index (χ1v) is 17.9. The van der Waals surface area contributed by atoms with Gasteiger partial charge in [0.15, 0.2) is 17.3 Å². The smallest absolute Gasteiger partial charge is 0.435 e. The van der Waals surface area contributed by atoms with Gasteiger partial charge in [-0.1, -0.05) is 11.6 Å². The fraction of sp³-hybridized carbons (Fsp3) is 0.417. The fourth-order valence-corrected chi connectivity index (χ4v) is 6.68. The van der Waals surface area contributed by atoms with Crippen LogP contribution in [0.3, 0.4) is 0 Å². The van der Waals surface area contributed by atoms with Crippen LogP contribution < -0.4 is 11.1 Å². The minimum Gasteiger partial charge on any atom is -0.444 e. The number of piperazine rings is 1. The molecule has 4 N–H and O–H groups in total. The monoisotopic (exact) mass is 800 g/mol. The Morgan fingerprint density at radius 2 is 1.59 bits per heavy atom. The van der Waals surface area contributed by atoms with Gasteiger partial charge in [-0.2, -0.15) is 18.3 Å². The van der Waals surface area contributed by atoms with Crippen molar-refractivity contribution in [1.29, 1.82) is 0 Å². The van der Waals surface area contributed by atoms with E-state index in [0.29, 0.717) is 5.69 Å². The predicted octanol–water partition coefficient (Wildman–Crippen LogP) is 4.22. The van der Waals surface area contributed by atoms with Crippen LogP contribution in [-0.4, -0.2) is 118 Å². The van der Waals surface area contributed by atoms with E-state index in [9.17, 15) is 37.5 Å². The van der Waals surface area contributed by atoms with E-state index in [1.807, 2.05) is 0 Å². The summed E-state index contributed by atoms with van der Waals surface area (Å²) < 4.78 is 49.7. The molecule has 1 aromatic carbocycles. The number of rotatable bonds is 6. The lowest BCUT2D eigenvalue weighted by Crippen LogP contribution is -2.59. The molecule has 2 fully saturated rings. The van der Waals surface area contributed by atoms with E-state index in [2.05, 4.69) is 20.4 Å². The maximum absolute atomic E-state index is 14.1. The second-order valence-corrected chi connectivity index (χ2v) is 14.9. The largest absolute Gasteiger partial charge is 0.444 e. The second-order valence-electron chi connectivity index (χ2n) is 14.5. The van der Waals surface area contributed by atoms with Crippen molar-refractivity contribution in [2.45, 2.75) is 51.0 Å². The van der Waals surface area contributed by atoms with E-state index in [1.165, 1.54) is 62.8 Å². The zero-order valence-corrected chi connectivity index (χ0v) is 31.7. The van der Waals surface area contributed by atoms with Crippen LogP contribution in [0.4, 0.5) is 29.3 Å². The minimum atomic E-state index is -4.84. The normalized spacial score (nSPS) is 16.1. The molecule has 0 spiro atoms. The number of halogens is 4. The molecule has 0 atom stereocenters. The van der Waals surface area contributed by atoms with Crippen LogP contribution in [0, 0.1) is 0 Å². The Labute approximate surface area is 324 Å². The van der Waals surface area contributed by atoms with Crippen molar-refractivity contribution in [3.63, 3.8) is 0 Å². The molecule has 56 heavy (non-hydrogen) atoms. The number of alkyl halides is 3. The number of nitrogens with zero attached hydrogens (tertiary/aromatic N) is 8. The number of pyridine rings is 1. The van der Waals surface area contributed by atoms with Crippen LogP contribution in [0.1, 0.15) is 60.3 Å². The van der Waals surface area contributed by atoms with E-state index >= 15 is 0 Å². The van der Waals surface area contributed by atoms with Crippen LogP contribution in [-0.2, 0) is 22.8 Å². The molecule has 0 aliphatic carbocycles. The Morgan fingerprint density at radius 1 is 0.929 bits per heavy atom. The molecule has 0 unspecified atom stereocenters. The van der Waals surface area contributed by atoms with Crippen LogP contribution >= 0.6 is 11.6 Å². The van der Waals surface area contributed by atoms with Crippen LogP contribution in [0.15, 0.2) is 48.9 Å². The van der Waals surface area contributed by atoms with Crippen molar-refractivity contribution in [3.8, 4) is 17.1 Å². The molecule has 0 radical (unpaired) electrons. The summed E-state index contributed by atoms with van der Waals surface area (Å²) in [6.07, 6.45) is -1.69. The highest BCUT2D eigenvalue weighted by molar-refractivity contribution is 6.34. The Hall–Kier alpha value is -5.69. The highest BCUT2D eigenvalue weighted by atomic mass is 35.5. The van der Waals surface area contributed by atoms with E-state index in [-0.39, 0.29) is 91.3 Å². The molecule has 20 heteroatoms. The zero-order chi connectivity index (χ0) is 40.7. The summed E-state index contributed by atoms with van der Waals surface area (Å²) in [7, 11) is 1.38. The fourth-order valence-electron chi connectivity index (χ4n) is 6.42. The average Bonchev–Trinajstić information content (AvgIpc) is 3.75. The van der Waals surface area contributed by atoms with Gasteiger partial charge in [0, 0.05) is 71.0 Å². The van der Waals surface area contributed by atoms with E-state index in [4.69, 9.17) is 22.1 Å². The molecule has 4 amide bonds. The third kappa shape index (κ3) is 8.42. The minimum absolute atomic E-state index is 0.0244. The molecule has 2 aliphatic rings. The summed E-state index contributed by atoms with van der Waals surface area (Å²) in [5, 5.41) is 17.5. The van der Waals surface area contributed by atoms with Crippen molar-refractivity contribution in [1.82, 2.24) is 39.0 Å². The third-order valence-corrected chi connectivity index (χ3v) is 9.72. The number of hydrogen-bond acceptors (Lipinski definition) is 10. The molecule has 16 nitrogen and oxygen atoms in total. The molecule has 5 heterocycles. The summed E-state index contributed by atoms with van der Waals surface area (Å²) >= 11 is 6.50. The standard InChI is InChI=1S/C36H40ClF3N10O6/c1-34(2,3)56-33(54)49-11-9-35(55,10-12-49)32(53)48-15-13-47(14-16-48)31(52)23-7-6-22(17-25(23)37)44-30(51)29-43-19-26(46(29)4)24-20-50(45-28(24)36(38,39)40)27-8-5-21(41)18-42-27/h5-8,17-20,55H,9-16,41H2,1-4H3,(H,44,51). The second kappa shape index (κ2) is 15.1. The lowest BCUT2D eigenvalue weighted by molar-refractivity contribution is -0.157. The first kappa shape index (κ1) is 40.0. The highest BCUT2D eigenvalue weighted by Gasteiger charge is 2.44. The molecule has 2 saturated heterocycles. The number of likely N-dealkylation sites (tertiary alicyclic amines) is 1. The number of imidazole rings is 1. The number of carbonyl (C=O) groups is 4. The number of nitrogens with two attached hydrogens (primary N) is 1. The molecule has 0 bridgehead atoms. The molecule has 2 aliphatic heterocycles. The SMILES string of the molecule is Cn1c(-c2cn(-c3ccc(N)cn3)nc2C(F)(F)F)cnc1C(=O)Nc1ccc(C(=O)N2CCN(C(=O)C3(O)CCN(C(=O)OC(C)(C)C)CC3)CC2)c(Cl)c1. The maximum Gasteiger partial charge on any atom is 0.435 e. The topological polar surface area (TPSA) is 194 Å². The van der Waals surface area contributed by atoms with Crippen molar-refractivity contribution in [2.24, 2.45) is 7.05 Å². The van der Waals surface area contributed by atoms with Gasteiger partial charge in [-0.15, -0.1) is 0 Å². The van der Waals surface area contributed by atoms with Crippen LogP contribution in [0.25, 0.3) is 17.1 Å². The number of nitrogen functional groups attached to an aromatic ring is 1. The summed E-state index contributed by atoms with van der Waals surface area (Å²) in [6, 6.07) is 7.12. The van der Waals surface area contributed by atoms with Gasteiger partial charge in [-0.25, -0.2) is 19.4 Å². The summed E-state index contributed by atoms with van der Waals surface area (Å²) in [5.74, 6) is -1.75. The van der Waals surface area contributed by atoms with Crippen LogP contribution in [0.2, 0.25) is 5.02 Å². The van der Waals surface area contributed by atoms with Gasteiger partial charge in [-0.3, -0.25) is 14.4 Å². The molecule has 0 saturated carbocycles. The number of amides is 4. The summed E-state index contributed by atoms with van der Waals surface area (Å²) in [4.78, 5) is 65.1. The summed E-state index contributed by atoms with van der Waals surface area (Å²) in [5.41, 5.74) is 2.41. The highest BCUT2D eigenvalue weighted by Crippen LogP contribution is 2.37. The molecule has 298 valence electrons. The van der Waals surface area contributed by atoms with Crippen molar-refractivity contribution in [3.05, 3.63) is 71.0 Å². The number of nitrogens with one attached hydrogen (secondary N) is 1. The molecular weight excluding hydrogens is 761 g/mol. The van der Waals surface area contributed by atoms with Gasteiger partial charge < -0.3 is 40.2 Å². The van der Waals surface area contributed by atoms with E-state index in [0.717, 1.165) is 17.1 Å². The third-order valence-electron chi connectivity index (χ3n) is 9.41. The lowest BCUT2D eigenvalue weighted by atomic mass is 9.89. The van der Waals surface area contributed by atoms with Crippen LogP contribution in [0.5, 0.6) is 0 Å². The maximum atomic E-state index is 14.1. The van der Waals surface area contributed by atoms with Gasteiger partial charge in [0.25, 0.3) is 17.7 Å². The molecular formula is C36H40ClF3N10O6. The summed E-state index contributed by atoms with van der Waals surface area (Å²) in [6.45, 7) is 6.28. The first-order chi connectivity index (χ1) is 26.2. The number of aromatic nitrogens is 5. The number of carbonyl (C=O) groups excluding carboxylic acids is 4.